The van der Waals surface area contributed by atoms with E-state index in [9.17, 15) is 9.59 Å². The standard InChI is InChI=1S/C11H12BrNO3/c1-7(14)13-10(11(15)16)6-8-2-4-9(12)5-3-8/h2-5,10H,6H2,1H3,(H,13,14)(H,15,16)/t10-/m0/s1. The average Bonchev–Trinajstić information content (AvgIpc) is 2.19. The quantitative estimate of drug-likeness (QED) is 0.883. The Morgan fingerprint density at radius 1 is 1.38 bits per heavy atom. The van der Waals surface area contributed by atoms with Gasteiger partial charge in [0.15, 0.2) is 0 Å². The Morgan fingerprint density at radius 2 is 1.94 bits per heavy atom. The Morgan fingerprint density at radius 3 is 2.38 bits per heavy atom. The van der Waals surface area contributed by atoms with E-state index in [1.165, 1.54) is 6.92 Å². The summed E-state index contributed by atoms with van der Waals surface area (Å²) in [5.41, 5.74) is 0.865. The van der Waals surface area contributed by atoms with E-state index in [-0.39, 0.29) is 12.3 Å². The first kappa shape index (κ1) is 12.7. The number of carbonyl (C=O) groups excluding carboxylic acids is 1. The molecule has 1 aromatic rings. The van der Waals surface area contributed by atoms with E-state index in [4.69, 9.17) is 5.11 Å². The number of halogens is 1. The summed E-state index contributed by atoms with van der Waals surface area (Å²) in [6.07, 6.45) is 0.280. The third kappa shape index (κ3) is 4.02. The summed E-state index contributed by atoms with van der Waals surface area (Å²) in [5, 5.41) is 11.3. The van der Waals surface area contributed by atoms with Crippen molar-refractivity contribution in [1.82, 2.24) is 5.32 Å². The topological polar surface area (TPSA) is 66.4 Å². The smallest absolute Gasteiger partial charge is 0.326 e. The van der Waals surface area contributed by atoms with Gasteiger partial charge in [-0.25, -0.2) is 4.79 Å². The number of carboxylic acid groups (broad SMARTS) is 1. The number of hydrogen-bond donors (Lipinski definition) is 2. The van der Waals surface area contributed by atoms with Crippen LogP contribution in [-0.4, -0.2) is 23.0 Å². The molecule has 0 saturated carbocycles. The van der Waals surface area contributed by atoms with Crippen LogP contribution in [-0.2, 0) is 16.0 Å². The summed E-state index contributed by atoms with van der Waals surface area (Å²) < 4.78 is 0.933. The number of carbonyl (C=O) groups is 2. The Balaban J connectivity index is 2.71. The molecule has 4 nitrogen and oxygen atoms in total. The number of nitrogens with one attached hydrogen (secondary N) is 1. The van der Waals surface area contributed by atoms with Crippen LogP contribution >= 0.6 is 15.9 Å². The van der Waals surface area contributed by atoms with E-state index < -0.39 is 12.0 Å². The number of benzene rings is 1. The van der Waals surface area contributed by atoms with Gasteiger partial charge in [-0.2, -0.15) is 0 Å². The lowest BCUT2D eigenvalue weighted by molar-refractivity contribution is -0.141. The Labute approximate surface area is 102 Å². The highest BCUT2D eigenvalue weighted by Crippen LogP contribution is 2.12. The van der Waals surface area contributed by atoms with Gasteiger partial charge in [-0.3, -0.25) is 4.79 Å². The molecule has 1 rings (SSSR count). The molecule has 0 aliphatic carbocycles. The molecule has 1 atom stereocenters. The van der Waals surface area contributed by atoms with Crippen molar-refractivity contribution in [2.75, 3.05) is 0 Å². The molecule has 5 heteroatoms. The fourth-order valence-electron chi connectivity index (χ4n) is 1.30. The fourth-order valence-corrected chi connectivity index (χ4v) is 1.57. The lowest BCUT2D eigenvalue weighted by Crippen LogP contribution is -2.41. The van der Waals surface area contributed by atoms with Crippen LogP contribution in [0.1, 0.15) is 12.5 Å². The van der Waals surface area contributed by atoms with Crippen LogP contribution in [0.15, 0.2) is 28.7 Å². The molecular weight excluding hydrogens is 274 g/mol. The van der Waals surface area contributed by atoms with Crippen LogP contribution in [0.2, 0.25) is 0 Å². The van der Waals surface area contributed by atoms with Crippen LogP contribution in [0.5, 0.6) is 0 Å². The van der Waals surface area contributed by atoms with E-state index in [0.29, 0.717) is 0 Å². The maximum Gasteiger partial charge on any atom is 0.326 e. The van der Waals surface area contributed by atoms with Gasteiger partial charge >= 0.3 is 5.97 Å². The van der Waals surface area contributed by atoms with Crippen LogP contribution in [0.25, 0.3) is 0 Å². The molecule has 1 aromatic carbocycles. The highest BCUT2D eigenvalue weighted by Gasteiger charge is 2.18. The van der Waals surface area contributed by atoms with Crippen LogP contribution in [0, 0.1) is 0 Å². The van der Waals surface area contributed by atoms with Crippen molar-refractivity contribution in [1.29, 1.82) is 0 Å². The molecule has 16 heavy (non-hydrogen) atoms. The lowest BCUT2D eigenvalue weighted by Gasteiger charge is -2.13. The minimum absolute atomic E-state index is 0.280. The van der Waals surface area contributed by atoms with Gasteiger partial charge in [0.25, 0.3) is 0 Å². The highest BCUT2D eigenvalue weighted by atomic mass is 79.9. The molecule has 0 aliphatic heterocycles. The first-order chi connectivity index (χ1) is 7.49. The summed E-state index contributed by atoms with van der Waals surface area (Å²) in [4.78, 5) is 21.7. The van der Waals surface area contributed by atoms with Crippen molar-refractivity contribution < 1.29 is 14.7 Å². The number of rotatable bonds is 4. The van der Waals surface area contributed by atoms with Gasteiger partial charge in [-0.15, -0.1) is 0 Å². The van der Waals surface area contributed by atoms with Gasteiger partial charge in [-0.05, 0) is 17.7 Å². The van der Waals surface area contributed by atoms with Crippen molar-refractivity contribution >= 4 is 27.8 Å². The van der Waals surface area contributed by atoms with E-state index in [2.05, 4.69) is 21.2 Å². The predicted molar refractivity (Wildman–Crippen MR) is 63.1 cm³/mol. The van der Waals surface area contributed by atoms with Gasteiger partial charge in [-0.1, -0.05) is 28.1 Å². The van der Waals surface area contributed by atoms with Crippen molar-refractivity contribution in [3.8, 4) is 0 Å². The van der Waals surface area contributed by atoms with E-state index in [1.54, 1.807) is 0 Å². The summed E-state index contributed by atoms with van der Waals surface area (Å²) in [6, 6.07) is 6.44. The molecule has 86 valence electrons. The van der Waals surface area contributed by atoms with E-state index >= 15 is 0 Å². The molecule has 0 spiro atoms. The van der Waals surface area contributed by atoms with E-state index in [1.807, 2.05) is 24.3 Å². The fraction of sp³-hybridized carbons (Fsp3) is 0.273. The minimum atomic E-state index is -1.03. The maximum atomic E-state index is 10.9. The zero-order valence-corrected chi connectivity index (χ0v) is 10.3. The molecule has 0 aliphatic rings. The van der Waals surface area contributed by atoms with Crippen LogP contribution < -0.4 is 5.32 Å². The summed E-state index contributed by atoms with van der Waals surface area (Å²) in [5.74, 6) is -1.37. The monoisotopic (exact) mass is 285 g/mol. The van der Waals surface area contributed by atoms with Crippen molar-refractivity contribution in [2.24, 2.45) is 0 Å². The second-order valence-electron chi connectivity index (χ2n) is 3.42. The van der Waals surface area contributed by atoms with Gasteiger partial charge in [0.2, 0.25) is 5.91 Å². The second-order valence-corrected chi connectivity index (χ2v) is 4.34. The zero-order valence-electron chi connectivity index (χ0n) is 8.74. The third-order valence-electron chi connectivity index (χ3n) is 2.03. The van der Waals surface area contributed by atoms with E-state index in [0.717, 1.165) is 10.0 Å². The molecule has 0 bridgehead atoms. The van der Waals surface area contributed by atoms with Gasteiger partial charge in [0.1, 0.15) is 6.04 Å². The van der Waals surface area contributed by atoms with Crippen LogP contribution in [0.4, 0.5) is 0 Å². The Bertz CT molecular complexity index is 389. The molecule has 0 fully saturated rings. The Kier molecular flexibility index (Phi) is 4.49. The predicted octanol–water partition coefficient (Wildman–Crippen LogP) is 1.58. The lowest BCUT2D eigenvalue weighted by atomic mass is 10.1. The Hall–Kier alpha value is -1.36. The minimum Gasteiger partial charge on any atom is -0.480 e. The third-order valence-corrected chi connectivity index (χ3v) is 2.56. The largest absolute Gasteiger partial charge is 0.480 e. The van der Waals surface area contributed by atoms with Gasteiger partial charge in [0, 0.05) is 17.8 Å². The first-order valence-corrected chi connectivity index (χ1v) is 5.52. The molecule has 0 saturated heterocycles. The summed E-state index contributed by atoms with van der Waals surface area (Å²) in [7, 11) is 0. The number of carboxylic acids is 1. The zero-order chi connectivity index (χ0) is 12.1. The highest BCUT2D eigenvalue weighted by molar-refractivity contribution is 9.10. The molecular formula is C11H12BrNO3. The number of amides is 1. The molecule has 1 amide bonds. The maximum absolute atomic E-state index is 10.9. The van der Waals surface area contributed by atoms with Crippen molar-refractivity contribution in [2.45, 2.75) is 19.4 Å². The SMILES string of the molecule is CC(=O)N[C@@H](Cc1ccc(Br)cc1)C(=O)O. The number of hydrogen-bond acceptors (Lipinski definition) is 2. The average molecular weight is 286 g/mol. The van der Waals surface area contributed by atoms with Gasteiger partial charge in [0.05, 0.1) is 0 Å². The second kappa shape index (κ2) is 5.65. The van der Waals surface area contributed by atoms with Gasteiger partial charge < -0.3 is 10.4 Å². The normalized spacial score (nSPS) is 11.9. The molecule has 0 unspecified atom stereocenters. The van der Waals surface area contributed by atoms with Crippen molar-refractivity contribution in [3.63, 3.8) is 0 Å². The molecule has 0 radical (unpaired) electrons. The number of aliphatic carboxylic acids is 1. The first-order valence-electron chi connectivity index (χ1n) is 4.73. The molecule has 0 aromatic heterocycles. The van der Waals surface area contributed by atoms with Crippen LogP contribution in [0.3, 0.4) is 0 Å². The summed E-state index contributed by atoms with van der Waals surface area (Å²) >= 11 is 3.29. The molecule has 0 heterocycles. The molecule has 2 N–H and O–H groups in total. The summed E-state index contributed by atoms with van der Waals surface area (Å²) in [6.45, 7) is 1.30. The van der Waals surface area contributed by atoms with Crippen molar-refractivity contribution in [3.05, 3.63) is 34.3 Å².